The lowest BCUT2D eigenvalue weighted by molar-refractivity contribution is -0.674. The summed E-state index contributed by atoms with van der Waals surface area (Å²) in [5, 5.41) is 1.37. The number of hydrogen-bond donors (Lipinski definition) is 0. The van der Waals surface area contributed by atoms with Crippen LogP contribution in [0.3, 0.4) is 0 Å². The van der Waals surface area contributed by atoms with Crippen molar-refractivity contribution in [3.05, 3.63) is 61.3 Å². The lowest BCUT2D eigenvalue weighted by Gasteiger charge is -2.22. The molecule has 0 spiro atoms. The van der Waals surface area contributed by atoms with Gasteiger partial charge in [-0.2, -0.15) is 4.57 Å². The van der Waals surface area contributed by atoms with E-state index in [0.29, 0.717) is 18.7 Å². The third-order valence-electron chi connectivity index (χ3n) is 5.30. The highest BCUT2D eigenvalue weighted by Crippen LogP contribution is 2.42. The molecule has 3 rings (SSSR count). The first kappa shape index (κ1) is 25.8. The molecule has 2 heterocycles. The van der Waals surface area contributed by atoms with Gasteiger partial charge in [-0.15, -0.1) is 0 Å². The first-order chi connectivity index (χ1) is 14.4. The molecule has 7 heteroatoms. The van der Waals surface area contributed by atoms with Gasteiger partial charge >= 0.3 is 0 Å². The van der Waals surface area contributed by atoms with Gasteiger partial charge in [0.2, 0.25) is 10.5 Å². The molecule has 0 saturated heterocycles. The van der Waals surface area contributed by atoms with Gasteiger partial charge in [-0.25, -0.2) is 0 Å². The number of thiazole rings is 1. The number of para-hydroxylation sites is 1. The van der Waals surface area contributed by atoms with E-state index in [-0.39, 0.29) is 7.43 Å². The van der Waals surface area contributed by atoms with Crippen LogP contribution in [0.25, 0.3) is 10.2 Å². The molecule has 1 unspecified atom stereocenters. The van der Waals surface area contributed by atoms with Crippen LogP contribution >= 0.6 is 18.7 Å². The van der Waals surface area contributed by atoms with Gasteiger partial charge in [0.05, 0.1) is 13.0 Å². The Morgan fingerprint density at radius 1 is 1.23 bits per heavy atom. The molecule has 0 amide bonds. The van der Waals surface area contributed by atoms with E-state index in [1.165, 1.54) is 15.2 Å². The van der Waals surface area contributed by atoms with Crippen LogP contribution in [-0.4, -0.2) is 56.4 Å². The molecule has 0 saturated carbocycles. The van der Waals surface area contributed by atoms with Crippen molar-refractivity contribution >= 4 is 28.9 Å². The van der Waals surface area contributed by atoms with Gasteiger partial charge in [0.15, 0.2) is 13.9 Å². The Morgan fingerprint density at radius 2 is 1.94 bits per heavy atom. The largest absolute Gasteiger partial charge is 0.358 e. The average Bonchev–Trinajstić information content (AvgIpc) is 3.04. The van der Waals surface area contributed by atoms with Crippen LogP contribution in [0.2, 0.25) is 0 Å². The zero-order valence-corrected chi connectivity index (χ0v) is 21.4. The highest BCUT2D eigenvalue weighted by atomic mass is 32.1. The maximum Gasteiger partial charge on any atom is 0.239 e. The molecule has 0 radical (unpaired) electrons. The maximum absolute atomic E-state index is 12.5. The lowest BCUT2D eigenvalue weighted by atomic mass is 10.0. The molecule has 5 nitrogen and oxygen atoms in total. The van der Waals surface area contributed by atoms with E-state index in [9.17, 15) is 4.57 Å². The van der Waals surface area contributed by atoms with Gasteiger partial charge in [0.1, 0.15) is 4.70 Å². The first-order valence-electron chi connectivity index (χ1n) is 10.8. The van der Waals surface area contributed by atoms with E-state index in [2.05, 4.69) is 77.3 Å². The number of hydrogen-bond acceptors (Lipinski definition) is 5. The predicted octanol–water partition coefficient (Wildman–Crippen LogP) is 5.04. The zero-order valence-electron chi connectivity index (χ0n) is 19.7. The van der Waals surface area contributed by atoms with Crippen molar-refractivity contribution in [2.45, 2.75) is 26.3 Å². The summed E-state index contributed by atoms with van der Waals surface area (Å²) in [6.07, 6.45) is 11.5. The van der Waals surface area contributed by atoms with Crippen LogP contribution in [0.4, 0.5) is 0 Å². The molecular weight excluding hydrogens is 425 g/mol. The van der Waals surface area contributed by atoms with Crippen LogP contribution in [-0.2, 0) is 22.1 Å². The van der Waals surface area contributed by atoms with Crippen molar-refractivity contribution in [3.63, 3.8) is 0 Å². The number of likely N-dealkylation sites (N-methyl/N-ethyl adjacent to an activating group) is 1. The maximum atomic E-state index is 12.5. The number of allylic oxidation sites excluding steroid dienone is 2. The van der Waals surface area contributed by atoms with Gasteiger partial charge < -0.3 is 21.8 Å². The highest BCUT2D eigenvalue weighted by molar-refractivity contribution is 7.58. The summed E-state index contributed by atoms with van der Waals surface area (Å²) in [4.78, 5) is 4.45. The average molecular weight is 464 g/mol. The van der Waals surface area contributed by atoms with Gasteiger partial charge in [-0.05, 0) is 27.1 Å². The van der Waals surface area contributed by atoms with Crippen LogP contribution in [0.1, 0.15) is 18.4 Å². The Kier molecular flexibility index (Phi) is 9.95. The monoisotopic (exact) mass is 463 g/mol. The van der Waals surface area contributed by atoms with Gasteiger partial charge in [-0.1, -0.05) is 35.6 Å². The third-order valence-corrected chi connectivity index (χ3v) is 8.42. The summed E-state index contributed by atoms with van der Waals surface area (Å²) in [6, 6.07) is 8.59. The fraction of sp³-hybridized carbons (Fsp3) is 0.500. The van der Waals surface area contributed by atoms with Gasteiger partial charge in [-0.3, -0.25) is 4.57 Å². The van der Waals surface area contributed by atoms with E-state index in [1.54, 1.807) is 6.66 Å². The molecule has 0 aliphatic carbocycles. The minimum atomic E-state index is -2.48. The Morgan fingerprint density at radius 3 is 2.61 bits per heavy atom. The number of aryl methyl sites for hydroxylation is 1. The Balaban J connectivity index is 0.00000341. The summed E-state index contributed by atoms with van der Waals surface area (Å²) in [6.45, 7) is 7.10. The van der Waals surface area contributed by atoms with Crippen molar-refractivity contribution in [1.82, 2.24) is 9.80 Å². The Labute approximate surface area is 192 Å². The number of benzene rings is 1. The van der Waals surface area contributed by atoms with Crippen LogP contribution in [0.5, 0.6) is 0 Å². The van der Waals surface area contributed by atoms with Crippen molar-refractivity contribution in [3.8, 4) is 0 Å². The second kappa shape index (κ2) is 12.0. The quantitative estimate of drug-likeness (QED) is 0.266. The molecule has 1 aliphatic heterocycles. The second-order valence-electron chi connectivity index (χ2n) is 8.22. The number of fused-ring (bicyclic) bond motifs is 1. The summed E-state index contributed by atoms with van der Waals surface area (Å²) in [5.41, 5.74) is 1.27. The minimum Gasteiger partial charge on any atom is -0.358 e. The SMILES string of the molecule is CCOP(C)(=O)CCC[n+]1c(CC2C=CN(CCN(C)C)C=C2)sc2ccccc21.[CH3-]. The lowest BCUT2D eigenvalue weighted by Crippen LogP contribution is -2.37. The van der Waals surface area contributed by atoms with Crippen molar-refractivity contribution in [2.24, 2.45) is 5.92 Å². The van der Waals surface area contributed by atoms with E-state index >= 15 is 0 Å². The summed E-state index contributed by atoms with van der Waals surface area (Å²) < 4.78 is 21.7. The van der Waals surface area contributed by atoms with Gasteiger partial charge in [0.25, 0.3) is 0 Å². The van der Waals surface area contributed by atoms with Gasteiger partial charge in [0, 0.05) is 56.7 Å². The van der Waals surface area contributed by atoms with Crippen LogP contribution in [0, 0.1) is 13.3 Å². The molecule has 1 aliphatic rings. The molecule has 31 heavy (non-hydrogen) atoms. The van der Waals surface area contributed by atoms with Crippen molar-refractivity contribution in [1.29, 1.82) is 0 Å². The fourth-order valence-electron chi connectivity index (χ4n) is 3.69. The molecule has 1 aromatic carbocycles. The Bertz CT molecular complexity index is 924. The minimum absolute atomic E-state index is 0. The molecule has 2 aromatic rings. The Hall–Kier alpha value is -1.46. The predicted molar refractivity (Wildman–Crippen MR) is 134 cm³/mol. The van der Waals surface area contributed by atoms with Crippen LogP contribution < -0.4 is 4.57 Å². The van der Waals surface area contributed by atoms with E-state index < -0.39 is 7.37 Å². The first-order valence-corrected chi connectivity index (χ1v) is 13.8. The summed E-state index contributed by atoms with van der Waals surface area (Å²) in [5.74, 6) is 0.403. The molecule has 172 valence electrons. The fourth-order valence-corrected chi connectivity index (χ4v) is 6.34. The number of rotatable bonds is 11. The van der Waals surface area contributed by atoms with Crippen molar-refractivity contribution < 1.29 is 13.7 Å². The molecule has 0 bridgehead atoms. The van der Waals surface area contributed by atoms with Crippen molar-refractivity contribution in [2.75, 3.05) is 46.6 Å². The molecule has 0 fully saturated rings. The normalized spacial score (nSPS) is 16.1. The standard InChI is InChI=1S/C23H35N3O2PS.CH3/c1-5-28-29(4,27)18-8-13-26-21-9-6-7-10-22(21)30-23(26)19-20-11-14-25(15-12-20)17-16-24(2)3;/h6-7,9-12,14-15,20H,5,8,13,16-19H2,1-4H3;1H3/q+1;-1. The molecule has 1 aromatic heterocycles. The molecule has 1 atom stereocenters. The molecular formula is C24H38N3O2PS. The zero-order chi connectivity index (χ0) is 21.6. The van der Waals surface area contributed by atoms with E-state index in [1.807, 2.05) is 18.3 Å². The highest BCUT2D eigenvalue weighted by Gasteiger charge is 2.24. The molecule has 0 N–H and O–H groups in total. The topological polar surface area (TPSA) is 36.7 Å². The second-order valence-corrected chi connectivity index (χ2v) is 12.1. The van der Waals surface area contributed by atoms with Crippen LogP contribution in [0.15, 0.2) is 48.8 Å². The third kappa shape index (κ3) is 7.57. The number of nitrogens with zero attached hydrogens (tertiary/aromatic N) is 3. The smallest absolute Gasteiger partial charge is 0.239 e. The number of aromatic nitrogens is 1. The van der Waals surface area contributed by atoms with E-state index in [4.69, 9.17) is 4.52 Å². The summed E-state index contributed by atoms with van der Waals surface area (Å²) in [7, 11) is 1.72. The summed E-state index contributed by atoms with van der Waals surface area (Å²) >= 11 is 1.88. The van der Waals surface area contributed by atoms with E-state index in [0.717, 1.165) is 32.5 Å².